The topological polar surface area (TPSA) is 68.7 Å². The van der Waals surface area contributed by atoms with Crippen LogP contribution in [0.4, 0.5) is 16.3 Å². The highest BCUT2D eigenvalue weighted by atomic mass is 16.3. The summed E-state index contributed by atoms with van der Waals surface area (Å²) in [4.78, 5) is 20.8. The second-order valence-corrected chi connectivity index (χ2v) is 6.28. The number of piperidine rings is 1. The number of hydrogen-bond acceptors (Lipinski definition) is 4. The van der Waals surface area contributed by atoms with Crippen LogP contribution >= 0.6 is 0 Å². The normalized spacial score (nSPS) is 25.4. The van der Waals surface area contributed by atoms with E-state index in [2.05, 4.69) is 15.2 Å². The van der Waals surface area contributed by atoms with Crippen LogP contribution in [0.25, 0.3) is 0 Å². The van der Waals surface area contributed by atoms with Gasteiger partial charge in [-0.3, -0.25) is 0 Å². The number of nitrogens with one attached hydrogen (secondary N) is 1. The van der Waals surface area contributed by atoms with Gasteiger partial charge in [-0.15, -0.1) is 0 Å². The van der Waals surface area contributed by atoms with E-state index in [0.717, 1.165) is 31.0 Å². The Bertz CT molecular complexity index is 531. The highest BCUT2D eigenvalue weighted by Crippen LogP contribution is 2.27. The summed E-state index contributed by atoms with van der Waals surface area (Å²) in [5, 5.41) is 12.9. The van der Waals surface area contributed by atoms with E-state index in [-0.39, 0.29) is 11.9 Å². The van der Waals surface area contributed by atoms with Gasteiger partial charge in [0.1, 0.15) is 0 Å². The summed E-state index contributed by atoms with van der Waals surface area (Å²) in [5.41, 5.74) is 0.752. The third-order valence-corrected chi connectivity index (χ3v) is 4.64. The zero-order chi connectivity index (χ0) is 15.5. The van der Waals surface area contributed by atoms with E-state index in [1.165, 1.54) is 12.8 Å². The fraction of sp³-hybridized carbons (Fsp3) is 0.625. The van der Waals surface area contributed by atoms with Gasteiger partial charge in [0.15, 0.2) is 5.82 Å². The van der Waals surface area contributed by atoms with Crippen LogP contribution in [0.15, 0.2) is 18.3 Å². The molecule has 1 aromatic heterocycles. The van der Waals surface area contributed by atoms with Crippen molar-refractivity contribution in [2.45, 2.75) is 32.3 Å². The summed E-state index contributed by atoms with van der Waals surface area (Å²) in [6.07, 6.45) is 4.49. The van der Waals surface area contributed by atoms with Gasteiger partial charge in [-0.2, -0.15) is 0 Å². The first kappa shape index (κ1) is 15.1. The van der Waals surface area contributed by atoms with Crippen molar-refractivity contribution in [2.75, 3.05) is 36.4 Å². The van der Waals surface area contributed by atoms with E-state index in [9.17, 15) is 9.90 Å². The number of aliphatic hydroxyl groups is 1. The minimum absolute atomic E-state index is 0.153. The molecule has 3 heterocycles. The quantitative estimate of drug-likeness (QED) is 0.876. The SMILES string of the molecule is CC1CCN(C(=O)Nc2cccnc2N2CCCC2)CC1O. The van der Waals surface area contributed by atoms with Gasteiger partial charge in [-0.25, -0.2) is 9.78 Å². The number of carbonyl (C=O) groups is 1. The summed E-state index contributed by atoms with van der Waals surface area (Å²) in [7, 11) is 0. The lowest BCUT2D eigenvalue weighted by Crippen LogP contribution is -2.47. The molecule has 0 saturated carbocycles. The van der Waals surface area contributed by atoms with Crippen molar-refractivity contribution >= 4 is 17.5 Å². The number of aromatic nitrogens is 1. The molecule has 0 radical (unpaired) electrons. The van der Waals surface area contributed by atoms with Crippen molar-refractivity contribution in [3.05, 3.63) is 18.3 Å². The number of rotatable bonds is 2. The van der Waals surface area contributed by atoms with Crippen molar-refractivity contribution in [3.63, 3.8) is 0 Å². The summed E-state index contributed by atoms with van der Waals surface area (Å²) >= 11 is 0. The van der Waals surface area contributed by atoms with Gasteiger partial charge in [0, 0.05) is 32.4 Å². The van der Waals surface area contributed by atoms with Gasteiger partial charge >= 0.3 is 6.03 Å². The zero-order valence-electron chi connectivity index (χ0n) is 13.0. The van der Waals surface area contributed by atoms with Crippen LogP contribution in [0.3, 0.4) is 0 Å². The summed E-state index contributed by atoms with van der Waals surface area (Å²) in [6.45, 7) is 5.07. The third-order valence-electron chi connectivity index (χ3n) is 4.64. The highest BCUT2D eigenvalue weighted by molar-refractivity contribution is 5.92. The molecular formula is C16H24N4O2. The van der Waals surface area contributed by atoms with Crippen molar-refractivity contribution in [2.24, 2.45) is 5.92 Å². The monoisotopic (exact) mass is 304 g/mol. The van der Waals surface area contributed by atoms with E-state index in [4.69, 9.17) is 0 Å². The molecule has 120 valence electrons. The Hall–Kier alpha value is -1.82. The molecule has 2 atom stereocenters. The van der Waals surface area contributed by atoms with Crippen LogP contribution in [-0.4, -0.2) is 53.3 Å². The Balaban J connectivity index is 1.69. The predicted octanol–water partition coefficient (Wildman–Crippen LogP) is 1.92. The fourth-order valence-electron chi connectivity index (χ4n) is 3.10. The smallest absolute Gasteiger partial charge is 0.322 e. The number of β-amino-alcohol motifs (C(OH)–C–C–N with tert-alkyl or cyclic N) is 1. The Morgan fingerprint density at radius 1 is 1.36 bits per heavy atom. The predicted molar refractivity (Wildman–Crippen MR) is 86.1 cm³/mol. The molecule has 0 aromatic carbocycles. The standard InChI is InChI=1S/C16H24N4O2/c1-12-6-10-20(11-14(12)21)16(22)18-13-5-4-7-17-15(13)19-8-2-3-9-19/h4-5,7,12,14,21H,2-3,6,8-11H2,1H3,(H,18,22). The number of amides is 2. The van der Waals surface area contributed by atoms with Crippen molar-refractivity contribution in [3.8, 4) is 0 Å². The number of anilines is 2. The van der Waals surface area contributed by atoms with Crippen LogP contribution in [0.2, 0.25) is 0 Å². The van der Waals surface area contributed by atoms with Crippen molar-refractivity contribution < 1.29 is 9.90 Å². The molecule has 0 spiro atoms. The molecule has 1 aromatic rings. The zero-order valence-corrected chi connectivity index (χ0v) is 13.0. The lowest BCUT2D eigenvalue weighted by molar-refractivity contribution is 0.0464. The molecule has 2 aliphatic rings. The van der Waals surface area contributed by atoms with Crippen LogP contribution in [0.5, 0.6) is 0 Å². The number of nitrogens with zero attached hydrogens (tertiary/aromatic N) is 3. The molecule has 2 fully saturated rings. The maximum atomic E-state index is 12.4. The first-order chi connectivity index (χ1) is 10.6. The molecular weight excluding hydrogens is 280 g/mol. The fourth-order valence-corrected chi connectivity index (χ4v) is 3.10. The molecule has 22 heavy (non-hydrogen) atoms. The van der Waals surface area contributed by atoms with Crippen LogP contribution in [0.1, 0.15) is 26.2 Å². The lowest BCUT2D eigenvalue weighted by Gasteiger charge is -2.34. The van der Waals surface area contributed by atoms with Gasteiger partial charge < -0.3 is 20.2 Å². The first-order valence-electron chi connectivity index (χ1n) is 8.09. The van der Waals surface area contributed by atoms with Gasteiger partial charge in [-0.1, -0.05) is 6.92 Å². The molecule has 3 rings (SSSR count). The molecule has 2 saturated heterocycles. The average Bonchev–Trinajstić information content (AvgIpc) is 3.04. The maximum Gasteiger partial charge on any atom is 0.322 e. The van der Waals surface area contributed by atoms with Crippen LogP contribution in [-0.2, 0) is 0 Å². The van der Waals surface area contributed by atoms with E-state index in [1.807, 2.05) is 19.1 Å². The van der Waals surface area contributed by atoms with Gasteiger partial charge in [0.05, 0.1) is 11.8 Å². The Labute approximate surface area is 131 Å². The minimum atomic E-state index is -0.438. The largest absolute Gasteiger partial charge is 0.391 e. The summed E-state index contributed by atoms with van der Waals surface area (Å²) in [6, 6.07) is 3.57. The minimum Gasteiger partial charge on any atom is -0.391 e. The number of aliphatic hydroxyl groups excluding tert-OH is 1. The molecule has 2 unspecified atom stereocenters. The van der Waals surface area contributed by atoms with E-state index in [1.54, 1.807) is 11.1 Å². The molecule has 0 aliphatic carbocycles. The highest BCUT2D eigenvalue weighted by Gasteiger charge is 2.28. The van der Waals surface area contributed by atoms with Crippen LogP contribution < -0.4 is 10.2 Å². The molecule has 2 amide bonds. The lowest BCUT2D eigenvalue weighted by atomic mass is 9.96. The van der Waals surface area contributed by atoms with Crippen molar-refractivity contribution in [1.29, 1.82) is 0 Å². The Morgan fingerprint density at radius 3 is 2.86 bits per heavy atom. The second-order valence-electron chi connectivity index (χ2n) is 6.28. The van der Waals surface area contributed by atoms with E-state index >= 15 is 0 Å². The second kappa shape index (κ2) is 6.52. The Morgan fingerprint density at radius 2 is 2.14 bits per heavy atom. The summed E-state index contributed by atoms with van der Waals surface area (Å²) in [5.74, 6) is 1.10. The Kier molecular flexibility index (Phi) is 4.47. The average molecular weight is 304 g/mol. The number of carbonyl (C=O) groups excluding carboxylic acids is 1. The molecule has 2 N–H and O–H groups in total. The van der Waals surface area contributed by atoms with Crippen molar-refractivity contribution in [1.82, 2.24) is 9.88 Å². The van der Waals surface area contributed by atoms with Gasteiger partial charge in [0.2, 0.25) is 0 Å². The molecule has 2 aliphatic heterocycles. The maximum absolute atomic E-state index is 12.4. The molecule has 6 nitrogen and oxygen atoms in total. The third kappa shape index (κ3) is 3.16. The molecule has 0 bridgehead atoms. The van der Waals surface area contributed by atoms with Gasteiger partial charge in [-0.05, 0) is 37.3 Å². The number of hydrogen-bond donors (Lipinski definition) is 2. The number of likely N-dealkylation sites (tertiary alicyclic amines) is 1. The molecule has 6 heteroatoms. The van der Waals surface area contributed by atoms with Crippen LogP contribution in [0, 0.1) is 5.92 Å². The van der Waals surface area contributed by atoms with E-state index in [0.29, 0.717) is 13.1 Å². The first-order valence-corrected chi connectivity index (χ1v) is 8.09. The van der Waals surface area contributed by atoms with Gasteiger partial charge in [0.25, 0.3) is 0 Å². The number of urea groups is 1. The number of pyridine rings is 1. The summed E-state index contributed by atoms with van der Waals surface area (Å²) < 4.78 is 0. The van der Waals surface area contributed by atoms with E-state index < -0.39 is 6.10 Å².